The monoisotopic (exact) mass is 239 g/mol. The molecule has 3 nitrogen and oxygen atoms in total. The molecule has 1 N–H and O–H groups in total. The standard InChI is InChI=1S/C15H13NO2/c1-7-4-8(2)13-10(5-7)12-11(17)6-9(3)15(18)14(12)16-13/h4-6,16H,1-3H3. The Kier molecular flexibility index (Phi) is 2.08. The van der Waals surface area contributed by atoms with E-state index in [0.29, 0.717) is 16.8 Å². The third-order valence-corrected chi connectivity index (χ3v) is 3.43. The van der Waals surface area contributed by atoms with Gasteiger partial charge in [-0.2, -0.15) is 0 Å². The van der Waals surface area contributed by atoms with Gasteiger partial charge in [-0.25, -0.2) is 0 Å². The Morgan fingerprint density at radius 3 is 2.50 bits per heavy atom. The second-order valence-electron chi connectivity index (χ2n) is 4.90. The first-order valence-corrected chi connectivity index (χ1v) is 5.89. The van der Waals surface area contributed by atoms with E-state index >= 15 is 0 Å². The van der Waals surface area contributed by atoms with Crippen molar-refractivity contribution in [3.63, 3.8) is 0 Å². The van der Waals surface area contributed by atoms with E-state index in [0.717, 1.165) is 22.0 Å². The second kappa shape index (κ2) is 3.42. The molecule has 0 radical (unpaired) electrons. The number of aromatic nitrogens is 1. The first-order valence-electron chi connectivity index (χ1n) is 5.89. The number of hydrogen-bond donors (Lipinski definition) is 1. The lowest BCUT2D eigenvalue weighted by molar-refractivity contribution is 0.0983. The summed E-state index contributed by atoms with van der Waals surface area (Å²) in [7, 11) is 0. The van der Waals surface area contributed by atoms with Crippen molar-refractivity contribution in [2.75, 3.05) is 0 Å². The minimum atomic E-state index is -0.0853. The lowest BCUT2D eigenvalue weighted by atomic mass is 9.93. The van der Waals surface area contributed by atoms with Crippen molar-refractivity contribution in [1.29, 1.82) is 0 Å². The third-order valence-electron chi connectivity index (χ3n) is 3.43. The number of carbonyl (C=O) groups excluding carboxylic acids is 2. The van der Waals surface area contributed by atoms with Gasteiger partial charge in [0.15, 0.2) is 5.78 Å². The molecule has 0 fully saturated rings. The summed E-state index contributed by atoms with van der Waals surface area (Å²) in [6.45, 7) is 5.64. The van der Waals surface area contributed by atoms with Crippen molar-refractivity contribution in [2.45, 2.75) is 20.8 Å². The smallest absolute Gasteiger partial charge is 0.205 e. The van der Waals surface area contributed by atoms with E-state index in [9.17, 15) is 9.59 Å². The van der Waals surface area contributed by atoms with Crippen LogP contribution in [0.1, 0.15) is 38.9 Å². The molecule has 0 saturated carbocycles. The molecule has 1 heterocycles. The lowest BCUT2D eigenvalue weighted by Gasteiger charge is -2.07. The van der Waals surface area contributed by atoms with E-state index in [-0.39, 0.29) is 11.6 Å². The predicted molar refractivity (Wildman–Crippen MR) is 70.2 cm³/mol. The van der Waals surface area contributed by atoms with Gasteiger partial charge in [0.2, 0.25) is 5.78 Å². The van der Waals surface area contributed by atoms with Gasteiger partial charge >= 0.3 is 0 Å². The topological polar surface area (TPSA) is 49.9 Å². The number of allylic oxidation sites excluding steroid dienone is 2. The summed E-state index contributed by atoms with van der Waals surface area (Å²) in [6.07, 6.45) is 1.43. The van der Waals surface area contributed by atoms with Crippen molar-refractivity contribution in [2.24, 2.45) is 0 Å². The molecular formula is C15H13NO2. The minimum absolute atomic E-state index is 0.0849. The molecule has 3 rings (SSSR count). The molecule has 0 bridgehead atoms. The van der Waals surface area contributed by atoms with Gasteiger partial charge in [-0.1, -0.05) is 11.6 Å². The van der Waals surface area contributed by atoms with Crippen LogP contribution in [0.15, 0.2) is 23.8 Å². The molecule has 90 valence electrons. The molecule has 0 atom stereocenters. The van der Waals surface area contributed by atoms with E-state index in [1.807, 2.05) is 26.0 Å². The molecule has 18 heavy (non-hydrogen) atoms. The van der Waals surface area contributed by atoms with Gasteiger partial charge in [-0.15, -0.1) is 0 Å². The largest absolute Gasteiger partial charge is 0.351 e. The van der Waals surface area contributed by atoms with Crippen molar-refractivity contribution < 1.29 is 9.59 Å². The quantitative estimate of drug-likeness (QED) is 0.768. The Hall–Kier alpha value is -2.16. The number of fused-ring (bicyclic) bond motifs is 3. The summed E-state index contributed by atoms with van der Waals surface area (Å²) in [5.74, 6) is -0.170. The summed E-state index contributed by atoms with van der Waals surface area (Å²) < 4.78 is 0. The number of Topliss-reactive ketones (excluding diaryl/α,β-unsaturated/α-hetero) is 1. The van der Waals surface area contributed by atoms with E-state index < -0.39 is 0 Å². The molecule has 2 aromatic rings. The Balaban J connectivity index is 2.46. The molecular weight excluding hydrogens is 226 g/mol. The molecule has 3 heteroatoms. The number of benzene rings is 1. The molecule has 0 amide bonds. The van der Waals surface area contributed by atoms with E-state index in [4.69, 9.17) is 0 Å². The Morgan fingerprint density at radius 1 is 1.06 bits per heavy atom. The van der Waals surface area contributed by atoms with Crippen LogP contribution in [-0.2, 0) is 0 Å². The summed E-state index contributed by atoms with van der Waals surface area (Å²) in [5.41, 5.74) is 4.48. The number of aromatic amines is 1. The fraction of sp³-hybridized carbons (Fsp3) is 0.200. The van der Waals surface area contributed by atoms with Crippen molar-refractivity contribution in [3.05, 3.63) is 46.2 Å². The first-order chi connectivity index (χ1) is 8.49. The van der Waals surface area contributed by atoms with Crippen LogP contribution in [0, 0.1) is 13.8 Å². The highest BCUT2D eigenvalue weighted by atomic mass is 16.1. The summed E-state index contributed by atoms with van der Waals surface area (Å²) in [4.78, 5) is 27.3. The maximum Gasteiger partial charge on any atom is 0.205 e. The Bertz CT molecular complexity index is 747. The highest BCUT2D eigenvalue weighted by Gasteiger charge is 2.27. The van der Waals surface area contributed by atoms with Gasteiger partial charge in [-0.3, -0.25) is 9.59 Å². The van der Waals surface area contributed by atoms with Gasteiger partial charge < -0.3 is 4.98 Å². The number of aryl methyl sites for hydroxylation is 2. The maximum absolute atomic E-state index is 12.1. The van der Waals surface area contributed by atoms with Crippen molar-refractivity contribution >= 4 is 22.5 Å². The average Bonchev–Trinajstić information content (AvgIpc) is 2.66. The zero-order chi connectivity index (χ0) is 13.0. The fourth-order valence-electron chi connectivity index (χ4n) is 2.61. The lowest BCUT2D eigenvalue weighted by Crippen LogP contribution is -2.14. The Morgan fingerprint density at radius 2 is 1.78 bits per heavy atom. The van der Waals surface area contributed by atoms with Crippen LogP contribution >= 0.6 is 0 Å². The van der Waals surface area contributed by atoms with Gasteiger partial charge in [0.1, 0.15) is 0 Å². The van der Waals surface area contributed by atoms with Crippen LogP contribution in [0.25, 0.3) is 10.9 Å². The second-order valence-corrected chi connectivity index (χ2v) is 4.90. The predicted octanol–water partition coefficient (Wildman–Crippen LogP) is 3.11. The Labute approximate surface area is 105 Å². The van der Waals surface area contributed by atoms with Gasteiger partial charge in [0.25, 0.3) is 0 Å². The van der Waals surface area contributed by atoms with Crippen LogP contribution in [-0.4, -0.2) is 16.6 Å². The molecule has 0 unspecified atom stereocenters. The molecule has 0 aliphatic heterocycles. The minimum Gasteiger partial charge on any atom is -0.351 e. The van der Waals surface area contributed by atoms with E-state index in [2.05, 4.69) is 4.98 Å². The highest BCUT2D eigenvalue weighted by molar-refractivity contribution is 6.28. The normalized spacial score (nSPS) is 14.9. The highest BCUT2D eigenvalue weighted by Crippen LogP contribution is 2.31. The van der Waals surface area contributed by atoms with E-state index in [1.54, 1.807) is 6.92 Å². The summed E-state index contributed by atoms with van der Waals surface area (Å²) >= 11 is 0. The molecule has 0 saturated heterocycles. The van der Waals surface area contributed by atoms with Gasteiger partial charge in [-0.05, 0) is 38.5 Å². The van der Waals surface area contributed by atoms with Crippen LogP contribution < -0.4 is 0 Å². The average molecular weight is 239 g/mol. The number of hydrogen-bond acceptors (Lipinski definition) is 2. The van der Waals surface area contributed by atoms with Gasteiger partial charge in [0, 0.05) is 16.5 Å². The number of ketones is 2. The van der Waals surface area contributed by atoms with Crippen molar-refractivity contribution in [1.82, 2.24) is 4.98 Å². The molecule has 1 aromatic carbocycles. The van der Waals surface area contributed by atoms with Crippen LogP contribution in [0.2, 0.25) is 0 Å². The SMILES string of the molecule is CC1=CC(=O)c2c([nH]c3c(C)cc(C)cc23)C1=O. The molecule has 1 aliphatic rings. The molecule has 1 aromatic heterocycles. The van der Waals surface area contributed by atoms with E-state index in [1.165, 1.54) is 6.08 Å². The summed E-state index contributed by atoms with van der Waals surface area (Å²) in [5, 5.41) is 0.851. The van der Waals surface area contributed by atoms with Crippen LogP contribution in [0.4, 0.5) is 0 Å². The van der Waals surface area contributed by atoms with Crippen LogP contribution in [0.3, 0.4) is 0 Å². The number of carbonyl (C=O) groups is 2. The molecule has 0 spiro atoms. The summed E-state index contributed by atoms with van der Waals surface area (Å²) in [6, 6.07) is 4.00. The number of nitrogens with one attached hydrogen (secondary N) is 1. The molecule has 1 aliphatic carbocycles. The third kappa shape index (κ3) is 1.30. The number of H-pyrrole nitrogens is 1. The van der Waals surface area contributed by atoms with Crippen molar-refractivity contribution in [3.8, 4) is 0 Å². The first kappa shape index (κ1) is 11.0. The van der Waals surface area contributed by atoms with Gasteiger partial charge in [0.05, 0.1) is 11.3 Å². The number of rotatable bonds is 0. The zero-order valence-corrected chi connectivity index (χ0v) is 10.5. The zero-order valence-electron chi connectivity index (χ0n) is 10.5. The van der Waals surface area contributed by atoms with Crippen LogP contribution in [0.5, 0.6) is 0 Å². The maximum atomic E-state index is 12.1. The fourth-order valence-corrected chi connectivity index (χ4v) is 2.61.